The molecule has 4 aromatic rings. The van der Waals surface area contributed by atoms with Crippen LogP contribution < -0.4 is 0 Å². The molecular weight excluding hydrogens is 298 g/mol. The van der Waals surface area contributed by atoms with E-state index in [9.17, 15) is 8.78 Å². The van der Waals surface area contributed by atoms with E-state index in [1.54, 1.807) is 28.8 Å². The van der Waals surface area contributed by atoms with Crippen LogP contribution in [0.2, 0.25) is 0 Å². The zero-order valence-electron chi connectivity index (χ0n) is 11.8. The van der Waals surface area contributed by atoms with Gasteiger partial charge in [0.1, 0.15) is 18.0 Å². The van der Waals surface area contributed by atoms with Gasteiger partial charge in [0.05, 0.1) is 11.4 Å². The number of hydrogen-bond donors (Lipinski definition) is 0. The van der Waals surface area contributed by atoms with Gasteiger partial charge < -0.3 is 0 Å². The molecule has 0 aliphatic carbocycles. The van der Waals surface area contributed by atoms with E-state index in [0.717, 1.165) is 16.8 Å². The summed E-state index contributed by atoms with van der Waals surface area (Å²) in [6.07, 6.45) is 1.41. The van der Waals surface area contributed by atoms with E-state index >= 15 is 0 Å². The van der Waals surface area contributed by atoms with Crippen LogP contribution >= 0.6 is 0 Å². The molecule has 4 nitrogen and oxygen atoms in total. The van der Waals surface area contributed by atoms with E-state index in [0.29, 0.717) is 11.5 Å². The normalized spacial score (nSPS) is 11.0. The Kier molecular flexibility index (Phi) is 3.08. The topological polar surface area (TPSA) is 43.1 Å². The van der Waals surface area contributed by atoms with Gasteiger partial charge in [0, 0.05) is 11.1 Å². The van der Waals surface area contributed by atoms with Crippen LogP contribution in [0.1, 0.15) is 0 Å². The zero-order valence-corrected chi connectivity index (χ0v) is 11.8. The molecular formula is C17H10F2N4. The quantitative estimate of drug-likeness (QED) is 0.566. The van der Waals surface area contributed by atoms with Crippen molar-refractivity contribution in [2.75, 3.05) is 0 Å². The second-order valence-corrected chi connectivity index (χ2v) is 5.01. The summed E-state index contributed by atoms with van der Waals surface area (Å²) in [6.45, 7) is 0. The Labute approximate surface area is 130 Å². The van der Waals surface area contributed by atoms with Crippen LogP contribution in [0.3, 0.4) is 0 Å². The molecule has 4 rings (SSSR count). The minimum absolute atomic E-state index is 0.309. The second kappa shape index (κ2) is 5.24. The van der Waals surface area contributed by atoms with E-state index < -0.39 is 0 Å². The van der Waals surface area contributed by atoms with Crippen molar-refractivity contribution in [3.05, 3.63) is 72.6 Å². The largest absolute Gasteiger partial charge is 0.253 e. The summed E-state index contributed by atoms with van der Waals surface area (Å²) in [5.74, 6) is -0.196. The van der Waals surface area contributed by atoms with Crippen molar-refractivity contribution in [2.24, 2.45) is 0 Å². The first-order chi connectivity index (χ1) is 11.2. The highest BCUT2D eigenvalue weighted by Crippen LogP contribution is 2.25. The third kappa shape index (κ3) is 2.44. The maximum Gasteiger partial charge on any atom is 0.253 e. The standard InChI is InChI=1S/C17H10F2N4/c18-13-5-1-11(2-6-13)15-9-16(12-3-7-14(19)8-4-12)23-17(22-15)20-10-21-23/h1-10H. The smallest absolute Gasteiger partial charge is 0.211 e. The summed E-state index contributed by atoms with van der Waals surface area (Å²) >= 11 is 0. The molecule has 6 heteroatoms. The van der Waals surface area contributed by atoms with Crippen LogP contribution in [0, 0.1) is 11.6 Å². The van der Waals surface area contributed by atoms with Gasteiger partial charge in [-0.3, -0.25) is 0 Å². The van der Waals surface area contributed by atoms with Gasteiger partial charge in [-0.2, -0.15) is 14.6 Å². The summed E-state index contributed by atoms with van der Waals surface area (Å²) in [5.41, 5.74) is 2.92. The van der Waals surface area contributed by atoms with Crippen LogP contribution in [0.15, 0.2) is 60.9 Å². The highest BCUT2D eigenvalue weighted by atomic mass is 19.1. The molecule has 0 aliphatic rings. The molecule has 0 spiro atoms. The Morgan fingerprint density at radius 1 is 0.783 bits per heavy atom. The lowest BCUT2D eigenvalue weighted by molar-refractivity contribution is 0.627. The maximum atomic E-state index is 13.2. The molecule has 2 aromatic heterocycles. The molecule has 0 atom stereocenters. The number of hydrogen-bond acceptors (Lipinski definition) is 3. The van der Waals surface area contributed by atoms with E-state index in [-0.39, 0.29) is 11.6 Å². The minimum atomic E-state index is -0.309. The van der Waals surface area contributed by atoms with Crippen LogP contribution in [0.4, 0.5) is 8.78 Å². The first-order valence-electron chi connectivity index (χ1n) is 6.93. The fourth-order valence-electron chi connectivity index (χ4n) is 2.41. The van der Waals surface area contributed by atoms with Gasteiger partial charge in [0.15, 0.2) is 0 Å². The molecule has 2 aromatic carbocycles. The summed E-state index contributed by atoms with van der Waals surface area (Å²) in [5, 5.41) is 4.16. The van der Waals surface area contributed by atoms with Gasteiger partial charge in [-0.15, -0.1) is 0 Å². The highest BCUT2D eigenvalue weighted by Gasteiger charge is 2.11. The van der Waals surface area contributed by atoms with Gasteiger partial charge in [-0.25, -0.2) is 13.8 Å². The Hall–Kier alpha value is -3.15. The van der Waals surface area contributed by atoms with Gasteiger partial charge in [-0.05, 0) is 54.6 Å². The number of benzene rings is 2. The Morgan fingerprint density at radius 3 is 2.04 bits per heavy atom. The lowest BCUT2D eigenvalue weighted by atomic mass is 10.1. The molecule has 0 unspecified atom stereocenters. The fraction of sp³-hybridized carbons (Fsp3) is 0. The molecule has 0 fully saturated rings. The molecule has 0 amide bonds. The van der Waals surface area contributed by atoms with Crippen molar-refractivity contribution in [3.8, 4) is 22.5 Å². The van der Waals surface area contributed by atoms with Gasteiger partial charge >= 0.3 is 0 Å². The van der Waals surface area contributed by atoms with Crippen LogP contribution in [-0.2, 0) is 0 Å². The minimum Gasteiger partial charge on any atom is -0.211 e. The van der Waals surface area contributed by atoms with Crippen molar-refractivity contribution in [1.82, 2.24) is 19.6 Å². The molecule has 0 saturated carbocycles. The van der Waals surface area contributed by atoms with E-state index in [2.05, 4.69) is 15.1 Å². The summed E-state index contributed by atoms with van der Waals surface area (Å²) < 4.78 is 27.8. The predicted octanol–water partition coefficient (Wildman–Crippen LogP) is 3.74. The molecule has 0 radical (unpaired) electrons. The first kappa shape index (κ1) is 13.5. The first-order valence-corrected chi connectivity index (χ1v) is 6.93. The monoisotopic (exact) mass is 308 g/mol. The molecule has 0 bridgehead atoms. The summed E-state index contributed by atoms with van der Waals surface area (Å²) in [7, 11) is 0. The van der Waals surface area contributed by atoms with Crippen LogP contribution in [0.5, 0.6) is 0 Å². The Bertz CT molecular complexity index is 976. The zero-order chi connectivity index (χ0) is 15.8. The Morgan fingerprint density at radius 2 is 1.39 bits per heavy atom. The number of halogens is 2. The van der Waals surface area contributed by atoms with Gasteiger partial charge in [-0.1, -0.05) is 0 Å². The fourth-order valence-corrected chi connectivity index (χ4v) is 2.41. The molecule has 112 valence electrons. The molecule has 0 saturated heterocycles. The lowest BCUT2D eigenvalue weighted by Gasteiger charge is -2.08. The Balaban J connectivity index is 1.94. The average Bonchev–Trinajstić information content (AvgIpc) is 3.04. The van der Waals surface area contributed by atoms with Crippen molar-refractivity contribution >= 4 is 5.78 Å². The molecule has 0 N–H and O–H groups in total. The van der Waals surface area contributed by atoms with Crippen molar-refractivity contribution < 1.29 is 8.78 Å². The third-order valence-corrected chi connectivity index (χ3v) is 3.53. The van der Waals surface area contributed by atoms with Gasteiger partial charge in [0.25, 0.3) is 5.78 Å². The average molecular weight is 308 g/mol. The number of aromatic nitrogens is 4. The van der Waals surface area contributed by atoms with E-state index in [4.69, 9.17) is 0 Å². The third-order valence-electron chi connectivity index (χ3n) is 3.53. The number of rotatable bonds is 2. The van der Waals surface area contributed by atoms with Crippen LogP contribution in [-0.4, -0.2) is 19.6 Å². The number of nitrogens with zero attached hydrogens (tertiary/aromatic N) is 4. The SMILES string of the molecule is Fc1ccc(-c2cc(-c3ccc(F)cc3)n3ncnc3n2)cc1. The molecule has 23 heavy (non-hydrogen) atoms. The van der Waals surface area contributed by atoms with Crippen molar-refractivity contribution in [1.29, 1.82) is 0 Å². The lowest BCUT2D eigenvalue weighted by Crippen LogP contribution is -1.99. The summed E-state index contributed by atoms with van der Waals surface area (Å²) in [4.78, 5) is 8.55. The van der Waals surface area contributed by atoms with Crippen molar-refractivity contribution in [3.63, 3.8) is 0 Å². The van der Waals surface area contributed by atoms with E-state index in [1.807, 2.05) is 6.07 Å². The van der Waals surface area contributed by atoms with E-state index in [1.165, 1.54) is 30.6 Å². The maximum absolute atomic E-state index is 13.2. The van der Waals surface area contributed by atoms with Crippen LogP contribution in [0.25, 0.3) is 28.3 Å². The highest BCUT2D eigenvalue weighted by molar-refractivity contribution is 5.70. The number of fused-ring (bicyclic) bond motifs is 1. The van der Waals surface area contributed by atoms with Crippen molar-refractivity contribution in [2.45, 2.75) is 0 Å². The molecule has 2 heterocycles. The second-order valence-electron chi connectivity index (χ2n) is 5.01. The molecule has 0 aliphatic heterocycles. The summed E-state index contributed by atoms with van der Waals surface area (Å²) in [6, 6.07) is 14.0. The van der Waals surface area contributed by atoms with Gasteiger partial charge in [0.2, 0.25) is 0 Å². The predicted molar refractivity (Wildman–Crippen MR) is 81.6 cm³/mol.